The maximum atomic E-state index is 13.5. The van der Waals surface area contributed by atoms with Gasteiger partial charge in [-0.2, -0.15) is 0 Å². The molecule has 0 aromatic rings. The zero-order valence-corrected chi connectivity index (χ0v) is 60.8. The van der Waals surface area contributed by atoms with Crippen LogP contribution in [0.2, 0.25) is 0 Å². The van der Waals surface area contributed by atoms with Crippen LogP contribution >= 0.6 is 0 Å². The Morgan fingerprint density at radius 3 is 1.14 bits per heavy atom. The number of carbonyl (C=O) groups is 1. The third-order valence-electron chi connectivity index (χ3n) is 19.2. The summed E-state index contributed by atoms with van der Waals surface area (Å²) in [6.45, 7) is 1.63. The predicted molar refractivity (Wildman–Crippen MR) is 388 cm³/mol. The van der Waals surface area contributed by atoms with Crippen LogP contribution in [-0.2, 0) is 33.2 Å². The first-order chi connectivity index (χ1) is 47.8. The van der Waals surface area contributed by atoms with Gasteiger partial charge in [0.25, 0.3) is 0 Å². The number of aliphatic hydroxyl groups is 11. The lowest BCUT2D eigenvalue weighted by Crippen LogP contribution is -2.66. The molecule has 17 atom stereocenters. The van der Waals surface area contributed by atoms with Gasteiger partial charge in [-0.05, 0) is 70.6 Å². The van der Waals surface area contributed by atoms with Crippen LogP contribution < -0.4 is 5.32 Å². The molecule has 3 aliphatic heterocycles. The van der Waals surface area contributed by atoms with Crippen LogP contribution in [0.1, 0.15) is 290 Å². The molecule has 0 radical (unpaired) electrons. The summed E-state index contributed by atoms with van der Waals surface area (Å²) in [6, 6.07) is -0.996. The van der Waals surface area contributed by atoms with Crippen molar-refractivity contribution in [3.63, 3.8) is 0 Å². The van der Waals surface area contributed by atoms with E-state index >= 15 is 0 Å². The molecule has 0 aromatic heterocycles. The Morgan fingerprint density at radius 1 is 0.378 bits per heavy atom. The number of unbranched alkanes of at least 4 members (excludes halogenated alkanes) is 35. The van der Waals surface area contributed by atoms with Crippen molar-refractivity contribution in [3.8, 4) is 0 Å². The number of aliphatic hydroxyl groups excluding tert-OH is 11. The second-order valence-corrected chi connectivity index (χ2v) is 27.8. The van der Waals surface area contributed by atoms with Crippen LogP contribution in [0, 0.1) is 0 Å². The van der Waals surface area contributed by atoms with E-state index in [9.17, 15) is 61.0 Å². The molecule has 0 aliphatic carbocycles. The number of nitrogens with one attached hydrogen (secondary N) is 1. The van der Waals surface area contributed by atoms with Crippen LogP contribution in [0.5, 0.6) is 0 Å². The van der Waals surface area contributed by atoms with E-state index in [4.69, 9.17) is 28.4 Å². The Bertz CT molecular complexity index is 2050. The van der Waals surface area contributed by atoms with Gasteiger partial charge in [-0.1, -0.05) is 286 Å². The zero-order chi connectivity index (χ0) is 71.1. The summed E-state index contributed by atoms with van der Waals surface area (Å²) in [6.07, 6.45) is 50.3. The van der Waals surface area contributed by atoms with E-state index in [0.29, 0.717) is 12.8 Å². The van der Waals surface area contributed by atoms with Crippen LogP contribution in [0.15, 0.2) is 72.9 Å². The monoisotopic (exact) mass is 1390 g/mol. The molecule has 3 heterocycles. The van der Waals surface area contributed by atoms with Gasteiger partial charge in [0.15, 0.2) is 18.9 Å². The third-order valence-corrected chi connectivity index (χ3v) is 19.2. The molecule has 0 aromatic carbocycles. The van der Waals surface area contributed by atoms with Gasteiger partial charge in [0.05, 0.1) is 38.6 Å². The molecule has 12 N–H and O–H groups in total. The average Bonchev–Trinajstić information content (AvgIpc) is 0.784. The highest BCUT2D eigenvalue weighted by atomic mass is 16.8. The van der Waals surface area contributed by atoms with E-state index in [1.807, 2.05) is 6.08 Å². The Morgan fingerprint density at radius 2 is 0.714 bits per heavy atom. The van der Waals surface area contributed by atoms with Crippen LogP contribution in [0.3, 0.4) is 0 Å². The van der Waals surface area contributed by atoms with Gasteiger partial charge < -0.3 is 89.9 Å². The van der Waals surface area contributed by atoms with E-state index in [0.717, 1.165) is 77.0 Å². The molecule has 17 unspecified atom stereocenters. The molecule has 19 nitrogen and oxygen atoms in total. The molecule has 3 aliphatic rings. The number of hydrogen-bond acceptors (Lipinski definition) is 18. The van der Waals surface area contributed by atoms with Crippen molar-refractivity contribution >= 4 is 5.91 Å². The Kier molecular flexibility index (Phi) is 54.4. The van der Waals surface area contributed by atoms with Crippen molar-refractivity contribution < 1.29 is 89.4 Å². The van der Waals surface area contributed by atoms with Crippen molar-refractivity contribution in [1.29, 1.82) is 0 Å². The SMILES string of the molecule is CC/C=C\C/C=C\C/C=C\C/C=C\CCCCCCCCCCCCCCC(=O)NC(COC1OC(CO)C(OC2OC(CO)C(OC3OC(CO)C(O)C(O)C3O)C(O)C2O)C(O)C1O)C(O)/C=C/CC/C=C/CCCCCCCCCCCCCCCCCCCCCCCC. The second kappa shape index (κ2) is 59.6. The summed E-state index contributed by atoms with van der Waals surface area (Å²) < 4.78 is 34.4. The van der Waals surface area contributed by atoms with Gasteiger partial charge in [-0.3, -0.25) is 4.79 Å². The number of carbonyl (C=O) groups excluding carboxylic acids is 1. The highest BCUT2D eigenvalue weighted by molar-refractivity contribution is 5.76. The minimum atomic E-state index is -1.98. The molecular weight excluding hydrogens is 1250 g/mol. The number of hydrogen-bond donors (Lipinski definition) is 12. The largest absolute Gasteiger partial charge is 0.394 e. The van der Waals surface area contributed by atoms with Crippen molar-refractivity contribution in [2.75, 3.05) is 26.4 Å². The number of ether oxygens (including phenoxy) is 6. The van der Waals surface area contributed by atoms with E-state index in [2.05, 4.69) is 79.9 Å². The average molecular weight is 1390 g/mol. The lowest BCUT2D eigenvalue weighted by molar-refractivity contribution is -0.379. The highest BCUT2D eigenvalue weighted by Crippen LogP contribution is 2.33. The molecule has 3 rings (SSSR count). The van der Waals surface area contributed by atoms with Crippen molar-refractivity contribution in [2.24, 2.45) is 0 Å². The fourth-order valence-corrected chi connectivity index (χ4v) is 13.0. The molecule has 98 heavy (non-hydrogen) atoms. The first kappa shape index (κ1) is 89.4. The smallest absolute Gasteiger partial charge is 0.220 e. The molecule has 0 spiro atoms. The fraction of sp³-hybridized carbons (Fsp3) is 0.835. The minimum absolute atomic E-state index is 0.230. The van der Waals surface area contributed by atoms with E-state index < -0.39 is 124 Å². The van der Waals surface area contributed by atoms with Gasteiger partial charge in [-0.25, -0.2) is 0 Å². The number of allylic oxidation sites excluding steroid dienone is 11. The Balaban J connectivity index is 1.40. The fourth-order valence-electron chi connectivity index (χ4n) is 13.0. The van der Waals surface area contributed by atoms with E-state index in [1.165, 1.54) is 180 Å². The number of rotatable bonds is 61. The van der Waals surface area contributed by atoms with Gasteiger partial charge in [0, 0.05) is 6.42 Å². The third kappa shape index (κ3) is 39.8. The molecule has 570 valence electrons. The lowest BCUT2D eigenvalue weighted by Gasteiger charge is -2.48. The summed E-state index contributed by atoms with van der Waals surface area (Å²) in [5.41, 5.74) is 0. The van der Waals surface area contributed by atoms with Crippen molar-refractivity contribution in [3.05, 3.63) is 72.9 Å². The maximum Gasteiger partial charge on any atom is 0.220 e. The molecular formula is C79H141NO18. The molecule has 3 saturated heterocycles. The summed E-state index contributed by atoms with van der Waals surface area (Å²) in [5.74, 6) is -0.287. The topological polar surface area (TPSA) is 307 Å². The Labute approximate surface area is 591 Å². The molecule has 1 amide bonds. The second-order valence-electron chi connectivity index (χ2n) is 27.8. The maximum absolute atomic E-state index is 13.5. The normalized spacial score (nSPS) is 27.1. The molecule has 0 saturated carbocycles. The summed E-state index contributed by atoms with van der Waals surface area (Å²) >= 11 is 0. The molecule has 3 fully saturated rings. The minimum Gasteiger partial charge on any atom is -0.394 e. The van der Waals surface area contributed by atoms with Crippen molar-refractivity contribution in [1.82, 2.24) is 5.32 Å². The van der Waals surface area contributed by atoms with Gasteiger partial charge in [0.2, 0.25) is 5.91 Å². The van der Waals surface area contributed by atoms with E-state index in [-0.39, 0.29) is 18.9 Å². The summed E-state index contributed by atoms with van der Waals surface area (Å²) in [5, 5.41) is 121. The van der Waals surface area contributed by atoms with Crippen molar-refractivity contribution in [2.45, 2.75) is 394 Å². The van der Waals surface area contributed by atoms with E-state index in [1.54, 1.807) is 6.08 Å². The van der Waals surface area contributed by atoms with Crippen LogP contribution in [0.25, 0.3) is 0 Å². The summed E-state index contributed by atoms with van der Waals surface area (Å²) in [7, 11) is 0. The molecule has 0 bridgehead atoms. The van der Waals surface area contributed by atoms with Gasteiger partial charge >= 0.3 is 0 Å². The van der Waals surface area contributed by atoms with Crippen LogP contribution in [-0.4, -0.2) is 193 Å². The first-order valence-corrected chi connectivity index (χ1v) is 39.2. The standard InChI is InChI=1S/C79H141NO18/c1-3-5-7-9-11-13-15-17-19-21-23-25-27-29-30-31-33-34-36-38-40-42-44-46-48-50-52-54-56-63(84)62(80-67(85)57-55-53-51-49-47-45-43-41-39-37-35-32-28-26-24-22-20-18-16-14-12-10-8-6-4-2)61-93-77-73(91)70(88)75(65(59-82)95-77)98-79-74(92)71(89)76(66(60-83)96-79)97-78-72(90)69(87)68(86)64(58-81)94-78/h6,8,12,14,18,20,24,26,46,48,54,56,62-66,68-79,81-84,86-92H,3-5,7,9-11,13,15-17,19,21-23,25,27-45,47,49-53,55,57-61H2,1-2H3,(H,80,85)/b8-6-,14-12-,20-18-,26-24-,48-46+,56-54+. The molecule has 19 heteroatoms. The quantitative estimate of drug-likeness (QED) is 0.0199. The predicted octanol–water partition coefficient (Wildman–Crippen LogP) is 12.4. The van der Waals surface area contributed by atoms with Crippen LogP contribution in [0.4, 0.5) is 0 Å². The highest BCUT2D eigenvalue weighted by Gasteiger charge is 2.53. The number of amides is 1. The van der Waals surface area contributed by atoms with Gasteiger partial charge in [0.1, 0.15) is 73.2 Å². The summed E-state index contributed by atoms with van der Waals surface area (Å²) in [4.78, 5) is 13.5. The zero-order valence-electron chi connectivity index (χ0n) is 60.8. The lowest BCUT2D eigenvalue weighted by atomic mass is 9.96. The first-order valence-electron chi connectivity index (χ1n) is 39.2. The van der Waals surface area contributed by atoms with Gasteiger partial charge in [-0.15, -0.1) is 0 Å². The Hall–Kier alpha value is -2.77.